The fraction of sp³-hybridized carbons (Fsp3) is 0.0426. The molecule has 0 saturated heterocycles. The van der Waals surface area contributed by atoms with Crippen molar-refractivity contribution >= 4 is 38.8 Å². The topological polar surface area (TPSA) is 51.8 Å². The van der Waals surface area contributed by atoms with E-state index in [4.69, 9.17) is 19.4 Å². The van der Waals surface area contributed by atoms with Crippen molar-refractivity contribution in [3.63, 3.8) is 0 Å². The highest BCUT2D eigenvalue weighted by Crippen LogP contribution is 2.41. The molecular formula is C47H31N3O. The molecule has 1 unspecified atom stereocenters. The molecule has 0 radical (unpaired) electrons. The van der Waals surface area contributed by atoms with Crippen LogP contribution in [0.3, 0.4) is 0 Å². The smallest absolute Gasteiger partial charge is 0.164 e. The number of benzene rings is 7. The van der Waals surface area contributed by atoms with Gasteiger partial charge in [0.2, 0.25) is 0 Å². The lowest BCUT2D eigenvalue weighted by molar-refractivity contribution is 0.669. The summed E-state index contributed by atoms with van der Waals surface area (Å²) in [6.45, 7) is 0. The van der Waals surface area contributed by atoms with Gasteiger partial charge in [-0.25, -0.2) is 15.0 Å². The van der Waals surface area contributed by atoms with Crippen LogP contribution in [-0.2, 0) is 6.42 Å². The Morgan fingerprint density at radius 3 is 2.06 bits per heavy atom. The minimum absolute atomic E-state index is 0.0204. The van der Waals surface area contributed by atoms with Gasteiger partial charge in [-0.15, -0.1) is 0 Å². The van der Waals surface area contributed by atoms with Gasteiger partial charge in [0.05, 0.1) is 0 Å². The molecule has 4 heteroatoms. The number of hydrogen-bond acceptors (Lipinski definition) is 4. The molecular weight excluding hydrogens is 623 g/mol. The van der Waals surface area contributed by atoms with Crippen LogP contribution in [0, 0.1) is 0 Å². The highest BCUT2D eigenvalue weighted by Gasteiger charge is 2.24. The molecule has 9 aromatic rings. The number of allylic oxidation sites excluding steroid dienone is 1. The molecule has 4 nitrogen and oxygen atoms in total. The van der Waals surface area contributed by atoms with E-state index in [0.29, 0.717) is 11.6 Å². The molecule has 0 spiro atoms. The normalized spacial score (nSPS) is 13.9. The van der Waals surface area contributed by atoms with E-state index >= 15 is 0 Å². The van der Waals surface area contributed by atoms with Gasteiger partial charge in [-0.3, -0.25) is 0 Å². The average molecular weight is 654 g/mol. The van der Waals surface area contributed by atoms with Crippen molar-refractivity contribution in [2.75, 3.05) is 0 Å². The lowest BCUT2D eigenvalue weighted by Crippen LogP contribution is -2.12. The number of para-hydroxylation sites is 1. The maximum atomic E-state index is 6.53. The van der Waals surface area contributed by atoms with Crippen molar-refractivity contribution < 1.29 is 4.42 Å². The van der Waals surface area contributed by atoms with E-state index < -0.39 is 0 Å². The Bertz CT molecular complexity index is 2780. The Kier molecular flexibility index (Phi) is 6.91. The van der Waals surface area contributed by atoms with Crippen LogP contribution in [-0.4, -0.2) is 15.0 Å². The second-order valence-electron chi connectivity index (χ2n) is 13.2. The SMILES string of the molecule is C1=CC(c2nc(-c3ccccc3)nc(-c3cc(-c4ccc5ccccc5c4)cc4oc5ccccc5c34)n2)Cc2cc(-c3ccccc3)ccc21. The Labute approximate surface area is 295 Å². The summed E-state index contributed by atoms with van der Waals surface area (Å²) in [5.74, 6) is 2.02. The number of fused-ring (bicyclic) bond motifs is 5. The van der Waals surface area contributed by atoms with Gasteiger partial charge in [0.25, 0.3) is 0 Å². The highest BCUT2D eigenvalue weighted by atomic mass is 16.3. The zero-order valence-corrected chi connectivity index (χ0v) is 27.7. The number of rotatable bonds is 5. The third kappa shape index (κ3) is 5.29. The van der Waals surface area contributed by atoms with E-state index in [1.807, 2.05) is 30.3 Å². The van der Waals surface area contributed by atoms with Crippen molar-refractivity contribution in [3.05, 3.63) is 181 Å². The summed E-state index contributed by atoms with van der Waals surface area (Å²) in [7, 11) is 0. The molecule has 1 aliphatic rings. The van der Waals surface area contributed by atoms with Crippen LogP contribution in [0.5, 0.6) is 0 Å². The first-order valence-corrected chi connectivity index (χ1v) is 17.4. The van der Waals surface area contributed by atoms with Crippen molar-refractivity contribution in [2.45, 2.75) is 12.3 Å². The van der Waals surface area contributed by atoms with E-state index in [1.54, 1.807) is 0 Å². The van der Waals surface area contributed by atoms with Gasteiger partial charge in [0.15, 0.2) is 11.6 Å². The first-order valence-electron chi connectivity index (χ1n) is 17.4. The minimum Gasteiger partial charge on any atom is -0.456 e. The van der Waals surface area contributed by atoms with Gasteiger partial charge in [0.1, 0.15) is 17.0 Å². The molecule has 0 aliphatic heterocycles. The molecule has 240 valence electrons. The molecule has 1 aliphatic carbocycles. The predicted molar refractivity (Wildman–Crippen MR) is 208 cm³/mol. The van der Waals surface area contributed by atoms with Crippen molar-refractivity contribution in [1.29, 1.82) is 0 Å². The van der Waals surface area contributed by atoms with E-state index in [0.717, 1.165) is 56.4 Å². The summed E-state index contributed by atoms with van der Waals surface area (Å²) in [6.07, 6.45) is 5.25. The van der Waals surface area contributed by atoms with Gasteiger partial charge in [-0.05, 0) is 74.8 Å². The molecule has 7 aromatic carbocycles. The third-order valence-corrected chi connectivity index (χ3v) is 10.0. The first kappa shape index (κ1) is 29.3. The van der Waals surface area contributed by atoms with Crippen molar-refractivity contribution in [2.24, 2.45) is 0 Å². The molecule has 0 N–H and O–H groups in total. The van der Waals surface area contributed by atoms with Crippen LogP contribution in [0.4, 0.5) is 0 Å². The van der Waals surface area contributed by atoms with Gasteiger partial charge in [0, 0.05) is 27.8 Å². The standard InChI is InChI=1S/C47H31N3O/c1-3-11-30(12-4-1)35-22-20-32-21-24-37(27-38(32)26-35)46-48-45(33-14-5-2-6-15-33)49-47(50-46)41-28-39(36-23-19-31-13-7-8-16-34(31)25-36)29-43-44(41)40-17-9-10-18-42(40)51-43/h1-26,28-29,37H,27H2. The highest BCUT2D eigenvalue weighted by molar-refractivity contribution is 6.13. The summed E-state index contributed by atoms with van der Waals surface area (Å²) < 4.78 is 6.53. The van der Waals surface area contributed by atoms with Crippen LogP contribution in [0.2, 0.25) is 0 Å². The van der Waals surface area contributed by atoms with Gasteiger partial charge in [-0.1, -0.05) is 146 Å². The lowest BCUT2D eigenvalue weighted by Gasteiger charge is -2.20. The second-order valence-corrected chi connectivity index (χ2v) is 13.2. The quantitative estimate of drug-likeness (QED) is 0.185. The zero-order chi connectivity index (χ0) is 33.7. The van der Waals surface area contributed by atoms with E-state index in [9.17, 15) is 0 Å². The second kappa shape index (κ2) is 12.0. The number of hydrogen-bond donors (Lipinski definition) is 0. The maximum absolute atomic E-state index is 6.53. The predicted octanol–water partition coefficient (Wildman–Crippen LogP) is 11.9. The lowest BCUT2D eigenvalue weighted by atomic mass is 9.87. The monoisotopic (exact) mass is 653 g/mol. The fourth-order valence-corrected chi connectivity index (χ4v) is 7.42. The van der Waals surface area contributed by atoms with Crippen LogP contribution >= 0.6 is 0 Å². The number of aromatic nitrogens is 3. The maximum Gasteiger partial charge on any atom is 0.164 e. The third-order valence-electron chi connectivity index (χ3n) is 10.0. The van der Waals surface area contributed by atoms with Gasteiger partial charge < -0.3 is 4.42 Å². The summed E-state index contributed by atoms with van der Waals surface area (Å²) in [5.41, 5.74) is 10.6. The molecule has 10 rings (SSSR count). The summed E-state index contributed by atoms with van der Waals surface area (Å²) in [5, 5.41) is 4.44. The van der Waals surface area contributed by atoms with Gasteiger partial charge >= 0.3 is 0 Å². The molecule has 0 fully saturated rings. The van der Waals surface area contributed by atoms with E-state index in [-0.39, 0.29) is 5.92 Å². The summed E-state index contributed by atoms with van der Waals surface area (Å²) in [6, 6.07) is 55.1. The first-order chi connectivity index (χ1) is 25.2. The molecule has 0 bridgehead atoms. The number of furan rings is 1. The van der Waals surface area contributed by atoms with Crippen LogP contribution < -0.4 is 0 Å². The Morgan fingerprint density at radius 2 is 1.20 bits per heavy atom. The van der Waals surface area contributed by atoms with Crippen LogP contribution in [0.15, 0.2) is 168 Å². The van der Waals surface area contributed by atoms with Crippen LogP contribution in [0.1, 0.15) is 22.9 Å². The number of nitrogens with zero attached hydrogens (tertiary/aromatic N) is 3. The van der Waals surface area contributed by atoms with Crippen molar-refractivity contribution in [3.8, 4) is 45.0 Å². The minimum atomic E-state index is -0.0204. The fourth-order valence-electron chi connectivity index (χ4n) is 7.42. The Balaban J connectivity index is 1.16. The molecule has 51 heavy (non-hydrogen) atoms. The van der Waals surface area contributed by atoms with Crippen LogP contribution in [0.25, 0.3) is 83.8 Å². The summed E-state index contributed by atoms with van der Waals surface area (Å²) in [4.78, 5) is 15.7. The Hall–Kier alpha value is -6.65. The molecule has 2 aromatic heterocycles. The van der Waals surface area contributed by atoms with E-state index in [2.05, 4.69) is 140 Å². The van der Waals surface area contributed by atoms with Crippen molar-refractivity contribution in [1.82, 2.24) is 15.0 Å². The average Bonchev–Trinajstić information content (AvgIpc) is 3.59. The van der Waals surface area contributed by atoms with E-state index in [1.165, 1.54) is 33.0 Å². The Morgan fingerprint density at radius 1 is 0.490 bits per heavy atom. The molecule has 0 amide bonds. The molecule has 1 atom stereocenters. The largest absolute Gasteiger partial charge is 0.456 e. The van der Waals surface area contributed by atoms with Gasteiger partial charge in [-0.2, -0.15) is 0 Å². The molecule has 2 heterocycles. The zero-order valence-electron chi connectivity index (χ0n) is 27.7. The summed E-state index contributed by atoms with van der Waals surface area (Å²) >= 11 is 0. The molecule has 0 saturated carbocycles.